The third-order valence-corrected chi connectivity index (χ3v) is 6.81. The maximum absolute atomic E-state index is 13.0. The van der Waals surface area contributed by atoms with Crippen molar-refractivity contribution in [3.8, 4) is 0 Å². The van der Waals surface area contributed by atoms with Gasteiger partial charge in [0.1, 0.15) is 4.83 Å². The van der Waals surface area contributed by atoms with Crippen molar-refractivity contribution in [1.82, 2.24) is 9.55 Å². The van der Waals surface area contributed by atoms with Crippen molar-refractivity contribution in [1.29, 1.82) is 0 Å². The topological polar surface area (TPSA) is 61.2 Å². The Morgan fingerprint density at radius 2 is 2.00 bits per heavy atom. The van der Waals surface area contributed by atoms with E-state index in [4.69, 9.17) is 9.72 Å². The number of rotatable bonds is 9. The Hall–Kier alpha value is -1.96. The number of carbonyl (C=O) groups is 1. The average Bonchev–Trinajstić information content (AvgIpc) is 2.99. The molecule has 0 radical (unpaired) electrons. The lowest BCUT2D eigenvalue weighted by Crippen LogP contribution is -2.25. The molecule has 0 bridgehead atoms. The Morgan fingerprint density at radius 1 is 1.25 bits per heavy atom. The van der Waals surface area contributed by atoms with Crippen LogP contribution in [0.15, 0.2) is 40.3 Å². The molecule has 0 aliphatic rings. The summed E-state index contributed by atoms with van der Waals surface area (Å²) in [5.41, 5.74) is 1.74. The second-order valence-electron chi connectivity index (χ2n) is 6.55. The van der Waals surface area contributed by atoms with Gasteiger partial charge in [-0.15, -0.1) is 11.3 Å². The number of ether oxygens (including phenoxy) is 1. The van der Waals surface area contributed by atoms with Crippen molar-refractivity contribution >= 4 is 39.1 Å². The summed E-state index contributed by atoms with van der Waals surface area (Å²) in [6, 6.07) is 9.34. The van der Waals surface area contributed by atoms with Crippen LogP contribution in [-0.4, -0.2) is 34.8 Å². The molecule has 0 aliphatic carbocycles. The van der Waals surface area contributed by atoms with Gasteiger partial charge in [-0.05, 0) is 25.8 Å². The number of hydrogen-bond acceptors (Lipinski definition) is 6. The molecule has 0 N–H and O–H groups in total. The normalized spacial score (nSPS) is 11.2. The smallest absolute Gasteiger partial charge is 0.263 e. The van der Waals surface area contributed by atoms with Gasteiger partial charge < -0.3 is 4.74 Å². The van der Waals surface area contributed by atoms with Gasteiger partial charge in [0, 0.05) is 29.7 Å². The molecule has 0 saturated carbocycles. The lowest BCUT2D eigenvalue weighted by molar-refractivity contribution is 0.0982. The van der Waals surface area contributed by atoms with Crippen LogP contribution in [-0.2, 0) is 11.3 Å². The highest BCUT2D eigenvalue weighted by Gasteiger charge is 2.17. The molecule has 0 saturated heterocycles. The molecule has 0 amide bonds. The van der Waals surface area contributed by atoms with Crippen LogP contribution in [0, 0.1) is 13.8 Å². The number of nitrogens with zero attached hydrogens (tertiary/aromatic N) is 2. The van der Waals surface area contributed by atoms with Gasteiger partial charge in [0.05, 0.1) is 18.5 Å². The molecule has 2 heterocycles. The van der Waals surface area contributed by atoms with Crippen LogP contribution in [0.5, 0.6) is 0 Å². The molecule has 5 nitrogen and oxygen atoms in total. The second-order valence-corrected chi connectivity index (χ2v) is 8.81. The van der Waals surface area contributed by atoms with Crippen molar-refractivity contribution in [3.63, 3.8) is 0 Å². The number of aryl methyl sites for hydroxylation is 2. The Balaban J connectivity index is 1.74. The summed E-state index contributed by atoms with van der Waals surface area (Å²) in [4.78, 5) is 31.9. The van der Waals surface area contributed by atoms with E-state index in [0.717, 1.165) is 33.0 Å². The minimum Gasteiger partial charge on any atom is -0.383 e. The molecule has 3 rings (SSSR count). The van der Waals surface area contributed by atoms with Gasteiger partial charge in [-0.2, -0.15) is 0 Å². The maximum Gasteiger partial charge on any atom is 0.263 e. The van der Waals surface area contributed by atoms with E-state index in [9.17, 15) is 9.59 Å². The second kappa shape index (κ2) is 9.49. The van der Waals surface area contributed by atoms with E-state index in [1.54, 1.807) is 23.0 Å². The predicted octanol–water partition coefficient (Wildman–Crippen LogP) is 4.48. The highest BCUT2D eigenvalue weighted by Crippen LogP contribution is 2.28. The molecule has 0 unspecified atom stereocenters. The Labute approximate surface area is 172 Å². The van der Waals surface area contributed by atoms with Gasteiger partial charge >= 0.3 is 0 Å². The van der Waals surface area contributed by atoms with E-state index in [-0.39, 0.29) is 11.3 Å². The number of ketones is 1. The number of methoxy groups -OCH3 is 1. The number of thioether (sulfide) groups is 1. The molecule has 7 heteroatoms. The quantitative estimate of drug-likeness (QED) is 0.223. The monoisotopic (exact) mass is 416 g/mol. The van der Waals surface area contributed by atoms with Crippen LogP contribution in [0.25, 0.3) is 10.2 Å². The zero-order chi connectivity index (χ0) is 20.1. The largest absolute Gasteiger partial charge is 0.383 e. The minimum absolute atomic E-state index is 0.00763. The number of hydrogen-bond donors (Lipinski definition) is 0. The van der Waals surface area contributed by atoms with Gasteiger partial charge in [-0.25, -0.2) is 4.98 Å². The van der Waals surface area contributed by atoms with Crippen molar-refractivity contribution in [2.45, 2.75) is 38.4 Å². The molecule has 0 aliphatic heterocycles. The SMILES string of the molecule is COCCn1c(SCCCC(=O)c2ccccc2)nc2sc(C)c(C)c2c1=O. The van der Waals surface area contributed by atoms with E-state index in [1.165, 1.54) is 11.8 Å². The zero-order valence-electron chi connectivity index (χ0n) is 16.4. The first-order valence-corrected chi connectivity index (χ1v) is 11.0. The molecule has 2 aromatic heterocycles. The Kier molecular flexibility index (Phi) is 7.04. The average molecular weight is 417 g/mol. The van der Waals surface area contributed by atoms with Gasteiger partial charge in [-0.3, -0.25) is 14.2 Å². The standard InChI is InChI=1S/C21H24N2O3S2/c1-14-15(2)28-19-18(14)20(25)23(11-12-26-3)21(22-19)27-13-7-10-17(24)16-8-5-4-6-9-16/h4-6,8-9H,7,10-13H2,1-3H3. The summed E-state index contributed by atoms with van der Waals surface area (Å²) >= 11 is 3.09. The molecule has 0 fully saturated rings. The number of benzene rings is 1. The molecule has 148 valence electrons. The summed E-state index contributed by atoms with van der Waals surface area (Å²) < 4.78 is 6.87. The predicted molar refractivity (Wildman–Crippen MR) is 116 cm³/mol. The summed E-state index contributed by atoms with van der Waals surface area (Å²) in [5, 5.41) is 1.41. The number of Topliss-reactive ketones (excluding diaryl/α,β-unsaturated/α-hetero) is 1. The highest BCUT2D eigenvalue weighted by molar-refractivity contribution is 7.99. The van der Waals surface area contributed by atoms with Crippen LogP contribution in [0.3, 0.4) is 0 Å². The molecular weight excluding hydrogens is 392 g/mol. The summed E-state index contributed by atoms with van der Waals surface area (Å²) in [7, 11) is 1.62. The van der Waals surface area contributed by atoms with E-state index >= 15 is 0 Å². The van der Waals surface area contributed by atoms with Crippen LogP contribution < -0.4 is 5.56 Å². The lowest BCUT2D eigenvalue weighted by Gasteiger charge is -2.11. The fourth-order valence-electron chi connectivity index (χ4n) is 2.96. The Bertz CT molecular complexity index is 1030. The number of fused-ring (bicyclic) bond motifs is 1. The van der Waals surface area contributed by atoms with Gasteiger partial charge in [0.25, 0.3) is 5.56 Å². The van der Waals surface area contributed by atoms with E-state index < -0.39 is 0 Å². The molecule has 0 atom stereocenters. The first-order valence-electron chi connectivity index (χ1n) is 9.23. The van der Waals surface area contributed by atoms with Gasteiger partial charge in [0.2, 0.25) is 0 Å². The lowest BCUT2D eigenvalue weighted by atomic mass is 10.1. The number of carbonyl (C=O) groups excluding carboxylic acids is 1. The third kappa shape index (κ3) is 4.54. The van der Waals surface area contributed by atoms with Crippen molar-refractivity contribution in [3.05, 3.63) is 56.7 Å². The number of aromatic nitrogens is 2. The van der Waals surface area contributed by atoms with Crippen molar-refractivity contribution in [2.24, 2.45) is 0 Å². The van der Waals surface area contributed by atoms with Crippen molar-refractivity contribution < 1.29 is 9.53 Å². The first-order chi connectivity index (χ1) is 13.5. The fourth-order valence-corrected chi connectivity index (χ4v) is 5.00. The van der Waals surface area contributed by atoms with Gasteiger partial charge in [-0.1, -0.05) is 42.1 Å². The van der Waals surface area contributed by atoms with Gasteiger partial charge in [0.15, 0.2) is 10.9 Å². The summed E-state index contributed by atoms with van der Waals surface area (Å²) in [6.45, 7) is 4.91. The summed E-state index contributed by atoms with van der Waals surface area (Å²) in [5.74, 6) is 0.873. The highest BCUT2D eigenvalue weighted by atomic mass is 32.2. The minimum atomic E-state index is -0.00763. The Morgan fingerprint density at radius 3 is 2.71 bits per heavy atom. The number of thiophene rings is 1. The molecule has 28 heavy (non-hydrogen) atoms. The third-order valence-electron chi connectivity index (χ3n) is 4.65. The molecule has 1 aromatic carbocycles. The zero-order valence-corrected chi connectivity index (χ0v) is 18.0. The summed E-state index contributed by atoms with van der Waals surface area (Å²) in [6.07, 6.45) is 1.22. The first kappa shape index (κ1) is 20.8. The molecule has 3 aromatic rings. The van der Waals surface area contributed by atoms with E-state index in [0.29, 0.717) is 30.1 Å². The van der Waals surface area contributed by atoms with Crippen LogP contribution >= 0.6 is 23.1 Å². The van der Waals surface area contributed by atoms with E-state index in [2.05, 4.69) is 0 Å². The van der Waals surface area contributed by atoms with E-state index in [1.807, 2.05) is 44.2 Å². The maximum atomic E-state index is 13.0. The molecular formula is C21H24N2O3S2. The molecule has 0 spiro atoms. The van der Waals surface area contributed by atoms with Crippen LogP contribution in [0.1, 0.15) is 33.6 Å². The fraction of sp³-hybridized carbons (Fsp3) is 0.381. The van der Waals surface area contributed by atoms with Crippen molar-refractivity contribution in [2.75, 3.05) is 19.5 Å². The van der Waals surface area contributed by atoms with Crippen LogP contribution in [0.2, 0.25) is 0 Å². The van der Waals surface area contributed by atoms with Crippen LogP contribution in [0.4, 0.5) is 0 Å².